The Morgan fingerprint density at radius 1 is 1.29 bits per heavy atom. The Balaban J connectivity index is 0.00000288. The number of hydrogen-bond donors (Lipinski definition) is 1. The van der Waals surface area contributed by atoms with E-state index >= 15 is 0 Å². The molecule has 0 amide bonds. The normalized spacial score (nSPS) is 10.2. The van der Waals surface area contributed by atoms with Crippen molar-refractivity contribution >= 4 is 5.78 Å². The van der Waals surface area contributed by atoms with Crippen molar-refractivity contribution in [3.05, 3.63) is 29.1 Å². The second-order valence-corrected chi connectivity index (χ2v) is 5.35. The van der Waals surface area contributed by atoms with Crippen molar-refractivity contribution in [2.24, 2.45) is 0 Å². The summed E-state index contributed by atoms with van der Waals surface area (Å²) in [6, 6.07) is 3.37. The fraction of sp³-hybridized carbons (Fsp3) is 0.500. The first-order valence-corrected chi connectivity index (χ1v) is 7.79. The average Bonchev–Trinajstić information content (AvgIpc) is 3.03. The Hall–Kier alpha value is -1.44. The van der Waals surface area contributed by atoms with E-state index in [-0.39, 0.29) is 41.1 Å². The number of phenolic OH excluding ortho intramolecular Hbond substituents is 1. The van der Waals surface area contributed by atoms with Crippen LogP contribution in [-0.2, 0) is 12.8 Å². The van der Waals surface area contributed by atoms with Crippen molar-refractivity contribution < 1.29 is 44.2 Å². The molecule has 1 heterocycles. The summed E-state index contributed by atoms with van der Waals surface area (Å²) in [5.41, 5.74) is 1.04. The van der Waals surface area contributed by atoms with Gasteiger partial charge in [0.25, 0.3) is 0 Å². The molecule has 0 aliphatic heterocycles. The largest absolute Gasteiger partial charge is 1.00 e. The van der Waals surface area contributed by atoms with Gasteiger partial charge in [0.1, 0.15) is 11.5 Å². The topological polar surface area (TPSA) is 99.3 Å². The van der Waals surface area contributed by atoms with Crippen LogP contribution in [0.2, 0.25) is 0 Å². The number of aromatic hydroxyl groups is 1. The molecule has 0 unspecified atom stereocenters. The minimum atomic E-state index is -0.150. The molecule has 8 heteroatoms. The molecular weight excluding hydrogens is 319 g/mol. The molecular formula is C16H21N4NaO3. The molecule has 124 valence electrons. The minimum absolute atomic E-state index is 0. The van der Waals surface area contributed by atoms with Gasteiger partial charge in [0.2, 0.25) is 0 Å². The number of nitrogens with zero attached hydrogens (tertiary/aromatic N) is 4. The van der Waals surface area contributed by atoms with E-state index in [4.69, 9.17) is 4.74 Å². The Morgan fingerprint density at radius 2 is 2.08 bits per heavy atom. The quantitative estimate of drug-likeness (QED) is 0.359. The molecule has 2 aromatic rings. The van der Waals surface area contributed by atoms with E-state index in [1.165, 1.54) is 6.92 Å². The van der Waals surface area contributed by atoms with Crippen LogP contribution < -0.4 is 39.4 Å². The Kier molecular flexibility index (Phi) is 8.95. The third-order valence-corrected chi connectivity index (χ3v) is 3.53. The summed E-state index contributed by atoms with van der Waals surface area (Å²) in [6.45, 7) is 3.99. The second-order valence-electron chi connectivity index (χ2n) is 5.35. The van der Waals surface area contributed by atoms with Crippen LogP contribution >= 0.6 is 0 Å². The number of benzene rings is 1. The molecule has 24 heavy (non-hydrogen) atoms. The van der Waals surface area contributed by atoms with Crippen LogP contribution in [0.25, 0.3) is 0 Å². The fourth-order valence-corrected chi connectivity index (χ4v) is 2.36. The molecule has 1 aromatic heterocycles. The number of tetrazole rings is 1. The summed E-state index contributed by atoms with van der Waals surface area (Å²) < 4.78 is 5.78. The number of carbonyl (C=O) groups is 1. The molecule has 0 radical (unpaired) electrons. The molecule has 7 nitrogen and oxygen atoms in total. The van der Waals surface area contributed by atoms with Gasteiger partial charge < -0.3 is 14.9 Å². The standard InChI is InChI=1S/C16H22N4O3.Na/c1-3-6-13-14(9-8-12(11(2)21)16(13)22)23-10-5-4-7-15-17-19-20-18-15;/h8-9H,3-7,10H2,1-2H3,(H2,17,18,19,20,21,22);/q;+1/p-1. The third-order valence-electron chi connectivity index (χ3n) is 3.53. The van der Waals surface area contributed by atoms with Gasteiger partial charge in [-0.3, -0.25) is 15.1 Å². The van der Waals surface area contributed by atoms with E-state index in [1.807, 2.05) is 6.92 Å². The third kappa shape index (κ3) is 5.58. The number of hydrogen-bond acceptors (Lipinski definition) is 6. The van der Waals surface area contributed by atoms with E-state index in [1.54, 1.807) is 12.1 Å². The van der Waals surface area contributed by atoms with Gasteiger partial charge in [0.15, 0.2) is 5.78 Å². The van der Waals surface area contributed by atoms with Crippen molar-refractivity contribution in [1.82, 2.24) is 20.6 Å². The smallest absolute Gasteiger partial charge is 0.507 e. The summed E-state index contributed by atoms with van der Waals surface area (Å²) in [5, 5.41) is 24.7. The van der Waals surface area contributed by atoms with Gasteiger partial charge in [-0.1, -0.05) is 13.3 Å². The van der Waals surface area contributed by atoms with Crippen LogP contribution in [0.3, 0.4) is 0 Å². The molecule has 0 saturated heterocycles. The maximum Gasteiger partial charge on any atom is 1.00 e. The first-order chi connectivity index (χ1) is 11.1. The predicted molar refractivity (Wildman–Crippen MR) is 83.7 cm³/mol. The van der Waals surface area contributed by atoms with E-state index in [2.05, 4.69) is 20.6 Å². The minimum Gasteiger partial charge on any atom is -0.507 e. The number of carbonyl (C=O) groups excluding carboxylic acids is 1. The number of aromatic nitrogens is 4. The van der Waals surface area contributed by atoms with Gasteiger partial charge in [0, 0.05) is 11.4 Å². The van der Waals surface area contributed by atoms with Crippen LogP contribution in [-0.4, -0.2) is 33.0 Å². The SMILES string of the molecule is CCCc1c(OCCCCc2nnn[n-]2)ccc(C(C)=O)c1O.[Na+]. The number of ether oxygens (including phenoxy) is 1. The van der Waals surface area contributed by atoms with Crippen molar-refractivity contribution in [2.75, 3.05) is 6.61 Å². The zero-order valence-electron chi connectivity index (χ0n) is 14.4. The molecule has 0 atom stereocenters. The maximum atomic E-state index is 11.5. The Bertz CT molecular complexity index is 647. The van der Waals surface area contributed by atoms with Gasteiger partial charge >= 0.3 is 29.6 Å². The molecule has 0 bridgehead atoms. The summed E-state index contributed by atoms with van der Waals surface area (Å²) in [4.78, 5) is 11.5. The van der Waals surface area contributed by atoms with Crippen LogP contribution in [0.15, 0.2) is 12.1 Å². The molecule has 0 spiro atoms. The number of Topliss-reactive ketones (excluding diaryl/α,β-unsaturated/α-hetero) is 1. The molecule has 0 saturated carbocycles. The van der Waals surface area contributed by atoms with Gasteiger partial charge in [0.05, 0.1) is 12.2 Å². The summed E-state index contributed by atoms with van der Waals surface area (Å²) >= 11 is 0. The molecule has 0 aliphatic carbocycles. The molecule has 1 N–H and O–H groups in total. The van der Waals surface area contributed by atoms with Gasteiger partial charge in [-0.2, -0.15) is 5.21 Å². The number of aryl methyl sites for hydroxylation is 1. The van der Waals surface area contributed by atoms with Gasteiger partial charge in [-0.25, -0.2) is 0 Å². The van der Waals surface area contributed by atoms with Crippen molar-refractivity contribution in [3.8, 4) is 11.5 Å². The summed E-state index contributed by atoms with van der Waals surface area (Å²) in [5.74, 6) is 1.17. The van der Waals surface area contributed by atoms with E-state index in [0.29, 0.717) is 42.1 Å². The molecule has 0 aliphatic rings. The summed E-state index contributed by atoms with van der Waals surface area (Å²) in [7, 11) is 0. The first-order valence-electron chi connectivity index (χ1n) is 7.79. The maximum absolute atomic E-state index is 11.5. The predicted octanol–water partition coefficient (Wildman–Crippen LogP) is -0.905. The van der Waals surface area contributed by atoms with Crippen molar-refractivity contribution in [3.63, 3.8) is 0 Å². The van der Waals surface area contributed by atoms with Gasteiger partial charge in [-0.15, -0.1) is 0 Å². The van der Waals surface area contributed by atoms with Crippen LogP contribution in [0.5, 0.6) is 11.5 Å². The van der Waals surface area contributed by atoms with E-state index in [9.17, 15) is 9.90 Å². The Labute approximate surface area is 163 Å². The van der Waals surface area contributed by atoms with Crippen molar-refractivity contribution in [2.45, 2.75) is 46.0 Å². The zero-order valence-corrected chi connectivity index (χ0v) is 16.4. The number of unbranched alkanes of at least 4 members (excludes halogenated alkanes) is 1. The first kappa shape index (κ1) is 20.6. The van der Waals surface area contributed by atoms with Crippen molar-refractivity contribution in [1.29, 1.82) is 0 Å². The Morgan fingerprint density at radius 3 is 2.71 bits per heavy atom. The average molecular weight is 340 g/mol. The van der Waals surface area contributed by atoms with Crippen LogP contribution in [0.1, 0.15) is 54.9 Å². The zero-order chi connectivity index (χ0) is 16.7. The second kappa shape index (κ2) is 10.4. The monoisotopic (exact) mass is 340 g/mol. The molecule has 2 rings (SSSR count). The van der Waals surface area contributed by atoms with Gasteiger partial charge in [-0.05, 0) is 44.7 Å². The van der Waals surface area contributed by atoms with Crippen LogP contribution in [0, 0.1) is 0 Å². The molecule has 1 aromatic carbocycles. The number of ketones is 1. The van der Waals surface area contributed by atoms with E-state index in [0.717, 1.165) is 19.3 Å². The molecule has 0 fully saturated rings. The van der Waals surface area contributed by atoms with E-state index < -0.39 is 0 Å². The number of phenols is 1. The summed E-state index contributed by atoms with van der Waals surface area (Å²) in [6.07, 6.45) is 3.94. The van der Waals surface area contributed by atoms with Crippen LogP contribution in [0.4, 0.5) is 0 Å². The fourth-order valence-electron chi connectivity index (χ4n) is 2.36. The number of rotatable bonds is 9.